The fraction of sp³-hybridized carbons (Fsp3) is 0.0769. The highest BCUT2D eigenvalue weighted by Gasteiger charge is 2.19. The van der Waals surface area contributed by atoms with Crippen LogP contribution in [0.5, 0.6) is 0 Å². The smallest absolute Gasteiger partial charge is 0.263 e. The summed E-state index contributed by atoms with van der Waals surface area (Å²) in [6, 6.07) is 9.34. The average Bonchev–Trinajstić information content (AvgIpc) is 2.41. The molecule has 0 unspecified atom stereocenters. The van der Waals surface area contributed by atoms with Crippen LogP contribution in [0.25, 0.3) is 0 Å². The van der Waals surface area contributed by atoms with E-state index in [2.05, 4.69) is 4.72 Å². The molecule has 0 aliphatic rings. The third kappa shape index (κ3) is 3.27. The Morgan fingerprint density at radius 3 is 2.65 bits per heavy atom. The molecule has 20 heavy (non-hydrogen) atoms. The number of anilines is 1. The van der Waals surface area contributed by atoms with E-state index in [0.717, 1.165) is 12.1 Å². The maximum atomic E-state index is 13.2. The van der Waals surface area contributed by atoms with E-state index in [1.807, 2.05) is 0 Å². The highest BCUT2D eigenvalue weighted by Crippen LogP contribution is 2.24. The molecule has 0 aliphatic carbocycles. The van der Waals surface area contributed by atoms with Crippen molar-refractivity contribution in [3.63, 3.8) is 0 Å². The summed E-state index contributed by atoms with van der Waals surface area (Å²) in [6.07, 6.45) is 0. The first-order valence-corrected chi connectivity index (χ1v) is 7.46. The van der Waals surface area contributed by atoms with Crippen molar-refractivity contribution in [3.05, 3.63) is 58.9 Å². The number of rotatable bonds is 4. The molecule has 0 bridgehead atoms. The van der Waals surface area contributed by atoms with Crippen LogP contribution in [-0.4, -0.2) is 13.5 Å². The van der Waals surface area contributed by atoms with Crippen LogP contribution >= 0.6 is 11.6 Å². The van der Waals surface area contributed by atoms with Gasteiger partial charge in [-0.25, -0.2) is 12.8 Å². The minimum absolute atomic E-state index is 0.0720. The number of hydrogen-bond donors (Lipinski definition) is 2. The second kappa shape index (κ2) is 5.78. The van der Waals surface area contributed by atoms with Crippen molar-refractivity contribution in [2.75, 3.05) is 4.72 Å². The number of hydrogen-bond acceptors (Lipinski definition) is 3. The Morgan fingerprint density at radius 1 is 1.20 bits per heavy atom. The van der Waals surface area contributed by atoms with Crippen molar-refractivity contribution in [3.8, 4) is 0 Å². The highest BCUT2D eigenvalue weighted by molar-refractivity contribution is 7.92. The van der Waals surface area contributed by atoms with Crippen molar-refractivity contribution < 1.29 is 17.9 Å². The van der Waals surface area contributed by atoms with Gasteiger partial charge in [-0.05, 0) is 35.9 Å². The van der Waals surface area contributed by atoms with Crippen LogP contribution in [0.2, 0.25) is 5.02 Å². The van der Waals surface area contributed by atoms with Gasteiger partial charge in [0.2, 0.25) is 0 Å². The van der Waals surface area contributed by atoms with E-state index < -0.39 is 15.8 Å². The lowest BCUT2D eigenvalue weighted by Crippen LogP contribution is -2.14. The van der Waals surface area contributed by atoms with Crippen LogP contribution < -0.4 is 4.72 Å². The van der Waals surface area contributed by atoms with Gasteiger partial charge in [-0.1, -0.05) is 23.7 Å². The zero-order chi connectivity index (χ0) is 14.8. The van der Waals surface area contributed by atoms with E-state index >= 15 is 0 Å². The lowest BCUT2D eigenvalue weighted by atomic mass is 10.2. The third-order valence-electron chi connectivity index (χ3n) is 2.54. The van der Waals surface area contributed by atoms with Crippen LogP contribution in [0.15, 0.2) is 47.4 Å². The summed E-state index contributed by atoms with van der Waals surface area (Å²) in [5.74, 6) is -0.695. The number of halogens is 2. The number of sulfonamides is 1. The first-order chi connectivity index (χ1) is 9.42. The molecule has 0 spiro atoms. The van der Waals surface area contributed by atoms with Gasteiger partial charge in [-0.15, -0.1) is 0 Å². The minimum Gasteiger partial charge on any atom is -0.392 e. The van der Waals surface area contributed by atoms with Gasteiger partial charge in [0.1, 0.15) is 10.7 Å². The van der Waals surface area contributed by atoms with E-state index in [9.17, 15) is 12.8 Å². The van der Waals surface area contributed by atoms with Gasteiger partial charge in [0.25, 0.3) is 10.0 Å². The lowest BCUT2D eigenvalue weighted by Gasteiger charge is -2.10. The molecule has 0 aliphatic heterocycles. The maximum absolute atomic E-state index is 13.2. The molecule has 0 saturated carbocycles. The molecule has 106 valence electrons. The number of aliphatic hydroxyl groups excluding tert-OH is 1. The maximum Gasteiger partial charge on any atom is 0.263 e. The predicted octanol–water partition coefficient (Wildman–Crippen LogP) is 2.77. The average molecular weight is 316 g/mol. The third-order valence-corrected chi connectivity index (χ3v) is 4.41. The fourth-order valence-electron chi connectivity index (χ4n) is 1.63. The molecule has 4 nitrogen and oxygen atoms in total. The van der Waals surface area contributed by atoms with Crippen LogP contribution in [0.4, 0.5) is 10.1 Å². The molecular formula is C13H11ClFNO3S. The largest absolute Gasteiger partial charge is 0.392 e. The van der Waals surface area contributed by atoms with Crippen molar-refractivity contribution in [2.45, 2.75) is 11.5 Å². The Kier molecular flexibility index (Phi) is 4.27. The van der Waals surface area contributed by atoms with Gasteiger partial charge >= 0.3 is 0 Å². The quantitative estimate of drug-likeness (QED) is 0.911. The molecule has 0 aromatic heterocycles. The zero-order valence-corrected chi connectivity index (χ0v) is 11.7. The molecule has 2 rings (SSSR count). The number of nitrogens with one attached hydrogen (secondary N) is 1. The van der Waals surface area contributed by atoms with E-state index in [0.29, 0.717) is 5.56 Å². The molecule has 7 heteroatoms. The zero-order valence-electron chi connectivity index (χ0n) is 10.2. The Hall–Kier alpha value is -1.63. The van der Waals surface area contributed by atoms with Crippen LogP contribution in [0.3, 0.4) is 0 Å². The first-order valence-electron chi connectivity index (χ1n) is 5.60. The number of benzene rings is 2. The van der Waals surface area contributed by atoms with Crippen molar-refractivity contribution in [1.29, 1.82) is 0 Å². The van der Waals surface area contributed by atoms with Crippen LogP contribution in [0.1, 0.15) is 5.56 Å². The molecule has 2 aromatic carbocycles. The summed E-state index contributed by atoms with van der Waals surface area (Å²) in [4.78, 5) is -0.339. The topological polar surface area (TPSA) is 66.4 Å². The Morgan fingerprint density at radius 2 is 1.95 bits per heavy atom. The normalized spacial score (nSPS) is 11.3. The van der Waals surface area contributed by atoms with E-state index in [1.165, 1.54) is 18.2 Å². The molecule has 0 heterocycles. The molecule has 0 saturated heterocycles. The Labute approximate surface area is 120 Å². The van der Waals surface area contributed by atoms with Gasteiger partial charge in [-0.2, -0.15) is 0 Å². The molecule has 2 N–H and O–H groups in total. The van der Waals surface area contributed by atoms with E-state index in [-0.39, 0.29) is 22.2 Å². The lowest BCUT2D eigenvalue weighted by molar-refractivity contribution is 0.282. The van der Waals surface area contributed by atoms with Gasteiger partial charge in [0.15, 0.2) is 0 Å². The first kappa shape index (κ1) is 14.8. The molecule has 0 atom stereocenters. The molecule has 0 fully saturated rings. The minimum atomic E-state index is -4.00. The van der Waals surface area contributed by atoms with Crippen molar-refractivity contribution >= 4 is 27.3 Å². The summed E-state index contributed by atoms with van der Waals surface area (Å²) in [7, 11) is -4.00. The van der Waals surface area contributed by atoms with Crippen molar-refractivity contribution in [2.24, 2.45) is 0 Å². The SMILES string of the molecule is O=S(=O)(Nc1cccc(CO)c1)c1cc(F)ccc1Cl. The molecule has 0 amide bonds. The van der Waals surface area contributed by atoms with E-state index in [4.69, 9.17) is 16.7 Å². The summed E-state index contributed by atoms with van der Waals surface area (Å²) in [5, 5.41) is 8.94. The Balaban J connectivity index is 2.38. The summed E-state index contributed by atoms with van der Waals surface area (Å²) in [6.45, 7) is -0.212. The monoisotopic (exact) mass is 315 g/mol. The van der Waals surface area contributed by atoms with Crippen LogP contribution in [0, 0.1) is 5.82 Å². The van der Waals surface area contributed by atoms with E-state index in [1.54, 1.807) is 12.1 Å². The molecule has 0 radical (unpaired) electrons. The standard InChI is InChI=1S/C13H11ClFNO3S/c14-12-5-4-10(15)7-13(12)20(18,19)16-11-3-1-2-9(6-11)8-17/h1-7,16-17H,8H2. The second-order valence-electron chi connectivity index (χ2n) is 4.04. The van der Waals surface area contributed by atoms with Crippen molar-refractivity contribution in [1.82, 2.24) is 0 Å². The van der Waals surface area contributed by atoms with Gasteiger partial charge in [0, 0.05) is 5.69 Å². The fourth-order valence-corrected chi connectivity index (χ4v) is 3.19. The summed E-state index contributed by atoms with van der Waals surface area (Å²) >= 11 is 5.78. The Bertz CT molecular complexity index is 734. The van der Waals surface area contributed by atoms with Gasteiger partial charge in [-0.3, -0.25) is 4.72 Å². The number of aliphatic hydroxyl groups is 1. The summed E-state index contributed by atoms with van der Waals surface area (Å²) in [5.41, 5.74) is 0.812. The predicted molar refractivity (Wildman–Crippen MR) is 74.6 cm³/mol. The molecular weight excluding hydrogens is 305 g/mol. The second-order valence-corrected chi connectivity index (χ2v) is 6.10. The van der Waals surface area contributed by atoms with Gasteiger partial charge < -0.3 is 5.11 Å². The summed E-state index contributed by atoms with van der Waals surface area (Å²) < 4.78 is 39.7. The van der Waals surface area contributed by atoms with Gasteiger partial charge in [0.05, 0.1) is 11.6 Å². The van der Waals surface area contributed by atoms with Crippen LogP contribution in [-0.2, 0) is 16.6 Å². The highest BCUT2D eigenvalue weighted by atomic mass is 35.5. The molecule has 2 aromatic rings.